The largest absolute Gasteiger partial charge is 0.340 e. The molecule has 1 rings (SSSR count). The number of rotatable bonds is 2. The highest BCUT2D eigenvalue weighted by atomic mass is 16.2. The fourth-order valence-corrected chi connectivity index (χ4v) is 1.92. The summed E-state index contributed by atoms with van der Waals surface area (Å²) in [6.07, 6.45) is 9.36. The first-order valence-corrected chi connectivity index (χ1v) is 5.51. The Bertz CT molecular complexity index is 278. The lowest BCUT2D eigenvalue weighted by molar-refractivity contribution is -0.127. The SMILES string of the molecule is C#CC(C)(C)NC(=O)C1CCCCC1N. The lowest BCUT2D eigenvalue weighted by Crippen LogP contribution is -2.50. The van der Waals surface area contributed by atoms with Gasteiger partial charge in [-0.25, -0.2) is 0 Å². The molecule has 3 heteroatoms. The number of amides is 1. The van der Waals surface area contributed by atoms with Crippen LogP contribution in [0.3, 0.4) is 0 Å². The number of nitrogens with two attached hydrogens (primary N) is 1. The van der Waals surface area contributed by atoms with Gasteiger partial charge in [0.05, 0.1) is 11.5 Å². The molecule has 0 radical (unpaired) electrons. The second kappa shape index (κ2) is 4.67. The summed E-state index contributed by atoms with van der Waals surface area (Å²) in [7, 11) is 0. The smallest absolute Gasteiger partial charge is 0.225 e. The van der Waals surface area contributed by atoms with E-state index < -0.39 is 5.54 Å². The van der Waals surface area contributed by atoms with E-state index in [2.05, 4.69) is 11.2 Å². The van der Waals surface area contributed by atoms with Crippen molar-refractivity contribution in [3.63, 3.8) is 0 Å². The number of hydrogen-bond acceptors (Lipinski definition) is 2. The molecule has 15 heavy (non-hydrogen) atoms. The van der Waals surface area contributed by atoms with Gasteiger partial charge in [-0.2, -0.15) is 0 Å². The van der Waals surface area contributed by atoms with E-state index in [9.17, 15) is 4.79 Å². The minimum Gasteiger partial charge on any atom is -0.340 e. The first-order valence-electron chi connectivity index (χ1n) is 5.51. The molecule has 3 N–H and O–H groups in total. The zero-order valence-corrected chi connectivity index (χ0v) is 9.55. The van der Waals surface area contributed by atoms with Crippen LogP contribution in [0.2, 0.25) is 0 Å². The Morgan fingerprint density at radius 1 is 1.47 bits per heavy atom. The van der Waals surface area contributed by atoms with Gasteiger partial charge in [-0.3, -0.25) is 4.79 Å². The predicted molar refractivity (Wildman–Crippen MR) is 61.0 cm³/mol. The molecule has 0 heterocycles. The predicted octanol–water partition coefficient (Wildman–Crippen LogP) is 1.03. The summed E-state index contributed by atoms with van der Waals surface area (Å²) in [5, 5.41) is 2.85. The summed E-state index contributed by atoms with van der Waals surface area (Å²) >= 11 is 0. The normalized spacial score (nSPS) is 26.8. The topological polar surface area (TPSA) is 55.1 Å². The fourth-order valence-electron chi connectivity index (χ4n) is 1.92. The summed E-state index contributed by atoms with van der Waals surface area (Å²) < 4.78 is 0. The Hall–Kier alpha value is -1.01. The molecule has 0 aromatic carbocycles. The molecule has 1 fully saturated rings. The lowest BCUT2D eigenvalue weighted by atomic mass is 9.84. The monoisotopic (exact) mass is 208 g/mol. The van der Waals surface area contributed by atoms with Crippen LogP contribution in [0.1, 0.15) is 39.5 Å². The van der Waals surface area contributed by atoms with E-state index in [4.69, 9.17) is 12.2 Å². The molecule has 0 bridgehead atoms. The van der Waals surface area contributed by atoms with Crippen LogP contribution in [-0.2, 0) is 4.79 Å². The first kappa shape index (κ1) is 12.1. The van der Waals surface area contributed by atoms with E-state index in [0.29, 0.717) is 0 Å². The lowest BCUT2D eigenvalue weighted by Gasteiger charge is -2.30. The minimum absolute atomic E-state index is 0.00477. The van der Waals surface area contributed by atoms with Crippen molar-refractivity contribution in [3.8, 4) is 12.3 Å². The van der Waals surface area contributed by atoms with Crippen molar-refractivity contribution in [1.29, 1.82) is 0 Å². The summed E-state index contributed by atoms with van der Waals surface area (Å²) in [5.41, 5.74) is 5.35. The van der Waals surface area contributed by atoms with E-state index in [1.165, 1.54) is 0 Å². The highest BCUT2D eigenvalue weighted by Gasteiger charge is 2.30. The zero-order chi connectivity index (χ0) is 11.5. The third-order valence-electron chi connectivity index (χ3n) is 2.95. The van der Waals surface area contributed by atoms with E-state index in [1.807, 2.05) is 13.8 Å². The zero-order valence-electron chi connectivity index (χ0n) is 9.55. The average Bonchev–Trinajstić information content (AvgIpc) is 2.17. The fraction of sp³-hybridized carbons (Fsp3) is 0.750. The molecule has 3 nitrogen and oxygen atoms in total. The van der Waals surface area contributed by atoms with Crippen LogP contribution in [0.15, 0.2) is 0 Å². The maximum atomic E-state index is 11.9. The van der Waals surface area contributed by atoms with E-state index in [0.717, 1.165) is 25.7 Å². The molecule has 2 atom stereocenters. The van der Waals surface area contributed by atoms with Crippen molar-refractivity contribution in [3.05, 3.63) is 0 Å². The minimum atomic E-state index is -0.575. The van der Waals surface area contributed by atoms with Crippen molar-refractivity contribution >= 4 is 5.91 Å². The van der Waals surface area contributed by atoms with E-state index in [-0.39, 0.29) is 17.9 Å². The van der Waals surface area contributed by atoms with Crippen LogP contribution in [0, 0.1) is 18.3 Å². The van der Waals surface area contributed by atoms with Crippen LogP contribution in [-0.4, -0.2) is 17.5 Å². The number of carbonyl (C=O) groups excluding carboxylic acids is 1. The van der Waals surface area contributed by atoms with Gasteiger partial charge in [-0.1, -0.05) is 18.8 Å². The molecule has 0 aromatic heterocycles. The van der Waals surface area contributed by atoms with Crippen molar-refractivity contribution in [2.24, 2.45) is 11.7 Å². The van der Waals surface area contributed by atoms with Gasteiger partial charge in [-0.05, 0) is 26.7 Å². The Kier molecular flexibility index (Phi) is 3.76. The van der Waals surface area contributed by atoms with Crippen LogP contribution in [0.4, 0.5) is 0 Å². The van der Waals surface area contributed by atoms with Crippen molar-refractivity contribution in [2.75, 3.05) is 0 Å². The van der Waals surface area contributed by atoms with Crippen molar-refractivity contribution < 1.29 is 4.79 Å². The van der Waals surface area contributed by atoms with E-state index in [1.54, 1.807) is 0 Å². The van der Waals surface area contributed by atoms with Gasteiger partial charge in [0.2, 0.25) is 5.91 Å². The Balaban J connectivity index is 2.57. The highest BCUT2D eigenvalue weighted by Crippen LogP contribution is 2.23. The summed E-state index contributed by atoms with van der Waals surface area (Å²) in [6.45, 7) is 3.64. The second-order valence-corrected chi connectivity index (χ2v) is 4.81. The van der Waals surface area contributed by atoms with Gasteiger partial charge in [0.25, 0.3) is 0 Å². The summed E-state index contributed by atoms with van der Waals surface area (Å²) in [4.78, 5) is 11.9. The third kappa shape index (κ3) is 3.24. The summed E-state index contributed by atoms with van der Waals surface area (Å²) in [5.74, 6) is 2.49. The van der Waals surface area contributed by atoms with Gasteiger partial charge >= 0.3 is 0 Å². The Labute approximate surface area is 91.8 Å². The summed E-state index contributed by atoms with van der Waals surface area (Å²) in [6, 6.07) is -0.00711. The van der Waals surface area contributed by atoms with E-state index >= 15 is 0 Å². The molecule has 0 aromatic rings. The highest BCUT2D eigenvalue weighted by molar-refractivity contribution is 5.80. The van der Waals surface area contributed by atoms with Crippen LogP contribution >= 0.6 is 0 Å². The Morgan fingerprint density at radius 3 is 2.60 bits per heavy atom. The molecule has 1 aliphatic carbocycles. The van der Waals surface area contributed by atoms with Crippen LogP contribution in [0.5, 0.6) is 0 Å². The molecule has 1 amide bonds. The van der Waals surface area contributed by atoms with Gasteiger partial charge in [0.15, 0.2) is 0 Å². The molecule has 1 aliphatic rings. The quantitative estimate of drug-likeness (QED) is 0.666. The number of carbonyl (C=O) groups is 1. The molecule has 84 valence electrons. The first-order chi connectivity index (χ1) is 6.96. The number of terminal acetylenes is 1. The maximum Gasteiger partial charge on any atom is 0.225 e. The maximum absolute atomic E-state index is 11.9. The van der Waals surface area contributed by atoms with Gasteiger partial charge in [0.1, 0.15) is 0 Å². The van der Waals surface area contributed by atoms with Crippen LogP contribution in [0.25, 0.3) is 0 Å². The third-order valence-corrected chi connectivity index (χ3v) is 2.95. The van der Waals surface area contributed by atoms with Gasteiger partial charge < -0.3 is 11.1 Å². The number of nitrogens with one attached hydrogen (secondary N) is 1. The molecule has 2 unspecified atom stereocenters. The molecule has 0 saturated heterocycles. The molecule has 1 saturated carbocycles. The second-order valence-electron chi connectivity index (χ2n) is 4.81. The van der Waals surface area contributed by atoms with Gasteiger partial charge in [-0.15, -0.1) is 6.42 Å². The Morgan fingerprint density at radius 2 is 2.07 bits per heavy atom. The molecular weight excluding hydrogens is 188 g/mol. The molecule has 0 aliphatic heterocycles. The molecular formula is C12H20N2O. The number of hydrogen-bond donors (Lipinski definition) is 2. The van der Waals surface area contributed by atoms with Gasteiger partial charge in [0, 0.05) is 6.04 Å². The molecule has 0 spiro atoms. The van der Waals surface area contributed by atoms with Crippen LogP contribution < -0.4 is 11.1 Å². The van der Waals surface area contributed by atoms with Crippen molar-refractivity contribution in [1.82, 2.24) is 5.32 Å². The van der Waals surface area contributed by atoms with Crippen molar-refractivity contribution in [2.45, 2.75) is 51.1 Å². The standard InChI is InChI=1S/C12H20N2O/c1-4-12(2,3)14-11(15)9-7-5-6-8-10(9)13/h1,9-10H,5-8,13H2,2-3H3,(H,14,15). The average molecular weight is 208 g/mol.